The second-order valence-electron chi connectivity index (χ2n) is 3.46. The predicted octanol–water partition coefficient (Wildman–Crippen LogP) is 2.35. The lowest BCUT2D eigenvalue weighted by Crippen LogP contribution is -2.15. The third-order valence-electron chi connectivity index (χ3n) is 1.90. The van der Waals surface area contributed by atoms with E-state index in [0.717, 1.165) is 5.56 Å². The second kappa shape index (κ2) is 4.98. The summed E-state index contributed by atoms with van der Waals surface area (Å²) in [6.45, 7) is 5.80. The van der Waals surface area contributed by atoms with Gasteiger partial charge in [-0.25, -0.2) is 5.43 Å². The number of carbonyl (C=O) groups is 1. The zero-order chi connectivity index (χ0) is 11.4. The van der Waals surface area contributed by atoms with Crippen molar-refractivity contribution in [3.05, 3.63) is 22.6 Å². The molecule has 1 N–H and O–H groups in total. The van der Waals surface area contributed by atoms with Gasteiger partial charge in [-0.05, 0) is 30.2 Å². The van der Waals surface area contributed by atoms with Crippen molar-refractivity contribution in [3.8, 4) is 0 Å². The highest BCUT2D eigenvalue weighted by Crippen LogP contribution is 2.22. The first-order valence-corrected chi connectivity index (χ1v) is 4.97. The summed E-state index contributed by atoms with van der Waals surface area (Å²) in [5.41, 5.74) is 3.84. The Morgan fingerprint density at radius 2 is 2.33 bits per heavy atom. The zero-order valence-corrected chi connectivity index (χ0v) is 9.63. The molecule has 0 atom stereocenters. The van der Waals surface area contributed by atoms with Crippen LogP contribution in [0.15, 0.2) is 15.6 Å². The van der Waals surface area contributed by atoms with E-state index in [1.165, 1.54) is 0 Å². The Hall–Kier alpha value is -1.29. The van der Waals surface area contributed by atoms with Crippen LogP contribution in [0.1, 0.15) is 25.2 Å². The summed E-state index contributed by atoms with van der Waals surface area (Å²) in [4.78, 5) is 10.2. The number of aryl methyl sites for hydroxylation is 1. The summed E-state index contributed by atoms with van der Waals surface area (Å²) in [5, 5.41) is 4.25. The molecule has 0 radical (unpaired) electrons. The SMILES string of the molecule is Cc1cc(Cl)oc1/C(=N\NC=O)C(C)C. The number of carbonyl (C=O) groups excluding carboxylic acids is 1. The smallest absolute Gasteiger partial charge is 0.227 e. The fourth-order valence-corrected chi connectivity index (χ4v) is 1.48. The van der Waals surface area contributed by atoms with Crippen LogP contribution in [0.4, 0.5) is 0 Å². The second-order valence-corrected chi connectivity index (χ2v) is 3.83. The normalized spacial score (nSPS) is 11.9. The van der Waals surface area contributed by atoms with Crippen LogP contribution in [-0.2, 0) is 4.79 Å². The molecule has 0 aliphatic carbocycles. The van der Waals surface area contributed by atoms with E-state index in [2.05, 4.69) is 10.5 Å². The van der Waals surface area contributed by atoms with E-state index in [4.69, 9.17) is 16.0 Å². The van der Waals surface area contributed by atoms with Gasteiger partial charge in [0.15, 0.2) is 11.0 Å². The molecule has 0 saturated heterocycles. The Bertz CT molecular complexity index is 383. The molecule has 1 aromatic heterocycles. The number of halogens is 1. The van der Waals surface area contributed by atoms with Crippen LogP contribution in [-0.4, -0.2) is 12.1 Å². The fraction of sp³-hybridized carbons (Fsp3) is 0.400. The van der Waals surface area contributed by atoms with Crippen molar-refractivity contribution in [2.24, 2.45) is 11.0 Å². The van der Waals surface area contributed by atoms with Crippen LogP contribution in [0.3, 0.4) is 0 Å². The van der Waals surface area contributed by atoms with E-state index < -0.39 is 0 Å². The molecule has 1 rings (SSSR count). The minimum Gasteiger partial charge on any atom is -0.443 e. The van der Waals surface area contributed by atoms with Crippen LogP contribution in [0, 0.1) is 12.8 Å². The standard InChI is InChI=1S/C10H13ClN2O2/c1-6(2)9(13-12-5-14)10-7(3)4-8(11)15-10/h4-6H,1-3H3,(H,12,14)/b13-9-. The van der Waals surface area contributed by atoms with Gasteiger partial charge < -0.3 is 4.42 Å². The van der Waals surface area contributed by atoms with Crippen LogP contribution in [0.2, 0.25) is 5.22 Å². The largest absolute Gasteiger partial charge is 0.443 e. The molecule has 0 aliphatic rings. The highest BCUT2D eigenvalue weighted by molar-refractivity contribution is 6.29. The van der Waals surface area contributed by atoms with Gasteiger partial charge in [0.2, 0.25) is 6.41 Å². The molecule has 0 unspecified atom stereocenters. The molecule has 1 amide bonds. The van der Waals surface area contributed by atoms with Gasteiger partial charge in [-0.15, -0.1) is 0 Å². The number of hydrogen-bond acceptors (Lipinski definition) is 3. The summed E-state index contributed by atoms with van der Waals surface area (Å²) in [6.07, 6.45) is 0.516. The van der Waals surface area contributed by atoms with Gasteiger partial charge in [-0.3, -0.25) is 4.79 Å². The molecule has 0 spiro atoms. The fourth-order valence-electron chi connectivity index (χ4n) is 1.24. The first-order valence-electron chi connectivity index (χ1n) is 4.59. The highest BCUT2D eigenvalue weighted by atomic mass is 35.5. The molecule has 1 heterocycles. The van der Waals surface area contributed by atoms with Crippen molar-refractivity contribution in [1.82, 2.24) is 5.43 Å². The lowest BCUT2D eigenvalue weighted by molar-refractivity contribution is -0.109. The zero-order valence-electron chi connectivity index (χ0n) is 8.87. The van der Waals surface area contributed by atoms with Crippen LogP contribution < -0.4 is 5.43 Å². The average Bonchev–Trinajstić information content (AvgIpc) is 2.46. The average molecular weight is 229 g/mol. The summed E-state index contributed by atoms with van der Waals surface area (Å²) >= 11 is 5.74. The molecule has 0 saturated carbocycles. The van der Waals surface area contributed by atoms with Crippen molar-refractivity contribution >= 4 is 23.7 Å². The quantitative estimate of drug-likeness (QED) is 0.489. The number of hydrazone groups is 1. The Morgan fingerprint density at radius 1 is 1.67 bits per heavy atom. The maximum atomic E-state index is 10.2. The van der Waals surface area contributed by atoms with Gasteiger partial charge in [-0.1, -0.05) is 13.8 Å². The molecule has 5 heteroatoms. The molecule has 0 aromatic carbocycles. The van der Waals surface area contributed by atoms with E-state index >= 15 is 0 Å². The van der Waals surface area contributed by atoms with Crippen molar-refractivity contribution in [1.29, 1.82) is 0 Å². The van der Waals surface area contributed by atoms with Crippen LogP contribution >= 0.6 is 11.6 Å². The molecule has 82 valence electrons. The van der Waals surface area contributed by atoms with Gasteiger partial charge in [0.1, 0.15) is 5.71 Å². The first-order chi connectivity index (χ1) is 7.06. The lowest BCUT2D eigenvalue weighted by Gasteiger charge is -2.07. The predicted molar refractivity (Wildman–Crippen MR) is 59.0 cm³/mol. The molecule has 0 aliphatic heterocycles. The van der Waals surface area contributed by atoms with Crippen molar-refractivity contribution in [2.45, 2.75) is 20.8 Å². The number of rotatable bonds is 4. The van der Waals surface area contributed by atoms with Crippen LogP contribution in [0.5, 0.6) is 0 Å². The van der Waals surface area contributed by atoms with Crippen LogP contribution in [0.25, 0.3) is 0 Å². The minimum absolute atomic E-state index is 0.137. The highest BCUT2D eigenvalue weighted by Gasteiger charge is 2.16. The summed E-state index contributed by atoms with van der Waals surface area (Å²) in [5.74, 6) is 0.753. The molecule has 1 aromatic rings. The van der Waals surface area contributed by atoms with E-state index in [1.54, 1.807) is 6.07 Å². The van der Waals surface area contributed by atoms with Crippen molar-refractivity contribution < 1.29 is 9.21 Å². The number of furan rings is 1. The number of amides is 1. The van der Waals surface area contributed by atoms with E-state index in [0.29, 0.717) is 23.1 Å². The molecule has 0 bridgehead atoms. The van der Waals surface area contributed by atoms with Gasteiger partial charge in [0.25, 0.3) is 0 Å². The topological polar surface area (TPSA) is 54.6 Å². The summed E-state index contributed by atoms with van der Waals surface area (Å²) < 4.78 is 5.31. The molecular weight excluding hydrogens is 216 g/mol. The molecule has 4 nitrogen and oxygen atoms in total. The van der Waals surface area contributed by atoms with Crippen molar-refractivity contribution in [3.63, 3.8) is 0 Å². The molecular formula is C10H13ClN2O2. The van der Waals surface area contributed by atoms with Crippen molar-refractivity contribution in [2.75, 3.05) is 0 Å². The Labute approximate surface area is 93.3 Å². The summed E-state index contributed by atoms with van der Waals surface area (Å²) in [6, 6.07) is 1.72. The van der Waals surface area contributed by atoms with Gasteiger partial charge in [0, 0.05) is 5.92 Å². The monoisotopic (exact) mass is 228 g/mol. The van der Waals surface area contributed by atoms with E-state index in [1.807, 2.05) is 20.8 Å². The number of nitrogens with zero attached hydrogens (tertiary/aromatic N) is 1. The Morgan fingerprint density at radius 3 is 2.73 bits per heavy atom. The number of nitrogens with one attached hydrogen (secondary N) is 1. The maximum Gasteiger partial charge on any atom is 0.227 e. The maximum absolute atomic E-state index is 10.2. The van der Waals surface area contributed by atoms with Gasteiger partial charge >= 0.3 is 0 Å². The Balaban J connectivity index is 3.09. The third-order valence-corrected chi connectivity index (χ3v) is 2.09. The minimum atomic E-state index is 0.137. The third kappa shape index (κ3) is 2.83. The van der Waals surface area contributed by atoms with E-state index in [-0.39, 0.29) is 5.92 Å². The van der Waals surface area contributed by atoms with Gasteiger partial charge in [-0.2, -0.15) is 5.10 Å². The lowest BCUT2D eigenvalue weighted by atomic mass is 10.0. The van der Waals surface area contributed by atoms with Gasteiger partial charge in [0.05, 0.1) is 0 Å². The first kappa shape index (κ1) is 11.8. The molecule has 15 heavy (non-hydrogen) atoms. The summed E-state index contributed by atoms with van der Waals surface area (Å²) in [7, 11) is 0. The Kier molecular flexibility index (Phi) is 3.91. The molecule has 0 fully saturated rings. The number of hydrogen-bond donors (Lipinski definition) is 1. The van der Waals surface area contributed by atoms with E-state index in [9.17, 15) is 4.79 Å².